The van der Waals surface area contributed by atoms with Gasteiger partial charge in [0.05, 0.1) is 24.1 Å². The van der Waals surface area contributed by atoms with Gasteiger partial charge in [0.1, 0.15) is 12.4 Å². The van der Waals surface area contributed by atoms with Crippen LogP contribution in [0.25, 0.3) is 0 Å². The highest BCUT2D eigenvalue weighted by molar-refractivity contribution is 6.05. The number of para-hydroxylation sites is 2. The summed E-state index contributed by atoms with van der Waals surface area (Å²) in [4.78, 5) is 25.6. The van der Waals surface area contributed by atoms with Gasteiger partial charge in [-0.2, -0.15) is 0 Å². The molecule has 2 N–H and O–H groups in total. The molecule has 2 amide bonds. The number of amides is 2. The van der Waals surface area contributed by atoms with E-state index in [1.807, 2.05) is 12.1 Å². The van der Waals surface area contributed by atoms with Crippen LogP contribution in [-0.2, 0) is 9.59 Å². The summed E-state index contributed by atoms with van der Waals surface area (Å²) < 4.78 is 5.55. The Kier molecular flexibility index (Phi) is 3.34. The summed E-state index contributed by atoms with van der Waals surface area (Å²) in [5.74, 6) is 0.379. The Bertz CT molecular complexity index is 522. The lowest BCUT2D eigenvalue weighted by Gasteiger charge is -2.16. The first-order valence-electron chi connectivity index (χ1n) is 7.01. The SMILES string of the molecule is Nc1ccccc1OCCN1C(=O)C2CCCC2C1=O. The lowest BCUT2D eigenvalue weighted by molar-refractivity contribution is -0.140. The number of nitrogen functional groups attached to an aromatic ring is 1. The number of carbonyl (C=O) groups excluding carboxylic acids is 2. The maximum absolute atomic E-state index is 12.1. The summed E-state index contributed by atoms with van der Waals surface area (Å²) in [5, 5.41) is 0. The van der Waals surface area contributed by atoms with Crippen molar-refractivity contribution in [3.8, 4) is 5.75 Å². The standard InChI is InChI=1S/C15H18N2O3/c16-12-6-1-2-7-13(12)20-9-8-17-14(18)10-4-3-5-11(10)15(17)19/h1-2,6-7,10-11H,3-5,8-9,16H2. The van der Waals surface area contributed by atoms with Crippen molar-refractivity contribution in [3.05, 3.63) is 24.3 Å². The Morgan fingerprint density at radius 1 is 1.15 bits per heavy atom. The Morgan fingerprint density at radius 3 is 2.45 bits per heavy atom. The van der Waals surface area contributed by atoms with E-state index in [0.717, 1.165) is 19.3 Å². The molecule has 3 rings (SSSR count). The third-order valence-electron chi connectivity index (χ3n) is 4.17. The Hall–Kier alpha value is -2.04. The highest BCUT2D eigenvalue weighted by atomic mass is 16.5. The second-order valence-electron chi connectivity index (χ2n) is 5.36. The summed E-state index contributed by atoms with van der Waals surface area (Å²) in [5.41, 5.74) is 6.33. The van der Waals surface area contributed by atoms with Gasteiger partial charge in [0.25, 0.3) is 0 Å². The molecule has 1 aliphatic heterocycles. The quantitative estimate of drug-likeness (QED) is 0.666. The summed E-state index contributed by atoms with van der Waals surface area (Å²) >= 11 is 0. The molecule has 0 bridgehead atoms. The molecule has 5 heteroatoms. The van der Waals surface area contributed by atoms with Crippen molar-refractivity contribution in [1.82, 2.24) is 4.90 Å². The summed E-state index contributed by atoms with van der Waals surface area (Å²) in [7, 11) is 0. The van der Waals surface area contributed by atoms with Gasteiger partial charge < -0.3 is 10.5 Å². The number of nitrogens with zero attached hydrogens (tertiary/aromatic N) is 1. The first-order chi connectivity index (χ1) is 9.68. The molecule has 1 aromatic rings. The molecular weight excluding hydrogens is 256 g/mol. The highest BCUT2D eigenvalue weighted by Crippen LogP contribution is 2.39. The first-order valence-corrected chi connectivity index (χ1v) is 7.01. The molecule has 2 unspecified atom stereocenters. The van der Waals surface area contributed by atoms with Gasteiger partial charge in [0.15, 0.2) is 0 Å². The number of hydrogen-bond acceptors (Lipinski definition) is 4. The van der Waals surface area contributed by atoms with E-state index in [1.165, 1.54) is 4.90 Å². The van der Waals surface area contributed by atoms with Crippen LogP contribution in [0.15, 0.2) is 24.3 Å². The number of rotatable bonds is 4. The van der Waals surface area contributed by atoms with Gasteiger partial charge in [-0.05, 0) is 25.0 Å². The molecule has 5 nitrogen and oxygen atoms in total. The zero-order valence-electron chi connectivity index (χ0n) is 11.2. The van der Waals surface area contributed by atoms with E-state index >= 15 is 0 Å². The van der Waals surface area contributed by atoms with Gasteiger partial charge in [-0.25, -0.2) is 0 Å². The molecule has 20 heavy (non-hydrogen) atoms. The predicted molar refractivity (Wildman–Crippen MR) is 73.9 cm³/mol. The molecule has 106 valence electrons. The smallest absolute Gasteiger partial charge is 0.233 e. The number of fused-ring (bicyclic) bond motifs is 1. The Labute approximate surface area is 117 Å². The average Bonchev–Trinajstić information content (AvgIpc) is 3.00. The monoisotopic (exact) mass is 274 g/mol. The number of likely N-dealkylation sites (tertiary alicyclic amines) is 1. The predicted octanol–water partition coefficient (Wildman–Crippen LogP) is 1.43. The minimum absolute atomic E-state index is 0.0258. The van der Waals surface area contributed by atoms with Crippen molar-refractivity contribution in [3.63, 3.8) is 0 Å². The van der Waals surface area contributed by atoms with E-state index in [-0.39, 0.29) is 30.3 Å². The minimum atomic E-state index is -0.0794. The number of imide groups is 1. The maximum Gasteiger partial charge on any atom is 0.233 e. The molecule has 0 spiro atoms. The van der Waals surface area contributed by atoms with Crippen molar-refractivity contribution < 1.29 is 14.3 Å². The molecule has 2 atom stereocenters. The molecule has 0 aromatic heterocycles. The second-order valence-corrected chi connectivity index (χ2v) is 5.36. The number of benzene rings is 1. The van der Waals surface area contributed by atoms with Crippen LogP contribution in [0.5, 0.6) is 5.75 Å². The van der Waals surface area contributed by atoms with Gasteiger partial charge in [-0.15, -0.1) is 0 Å². The Balaban J connectivity index is 1.58. The molecule has 2 fully saturated rings. The fourth-order valence-corrected chi connectivity index (χ4v) is 3.14. The molecule has 1 aliphatic carbocycles. The van der Waals surface area contributed by atoms with Crippen molar-refractivity contribution in [2.45, 2.75) is 19.3 Å². The van der Waals surface area contributed by atoms with Gasteiger partial charge in [-0.1, -0.05) is 18.6 Å². The lowest BCUT2D eigenvalue weighted by Crippen LogP contribution is -2.35. The Morgan fingerprint density at radius 2 is 1.80 bits per heavy atom. The van der Waals surface area contributed by atoms with Crippen LogP contribution in [0, 0.1) is 11.8 Å². The highest BCUT2D eigenvalue weighted by Gasteiger charge is 2.49. The molecule has 0 radical (unpaired) electrons. The zero-order chi connectivity index (χ0) is 14.1. The number of anilines is 1. The molecule has 1 saturated carbocycles. The van der Waals surface area contributed by atoms with Crippen LogP contribution in [0.3, 0.4) is 0 Å². The second kappa shape index (κ2) is 5.15. The largest absolute Gasteiger partial charge is 0.490 e. The third kappa shape index (κ3) is 2.13. The van der Waals surface area contributed by atoms with E-state index in [0.29, 0.717) is 18.0 Å². The third-order valence-corrected chi connectivity index (χ3v) is 4.17. The van der Waals surface area contributed by atoms with Crippen molar-refractivity contribution >= 4 is 17.5 Å². The number of nitrogens with two attached hydrogens (primary N) is 1. The number of carbonyl (C=O) groups is 2. The van der Waals surface area contributed by atoms with Crippen molar-refractivity contribution in [1.29, 1.82) is 0 Å². The van der Waals surface area contributed by atoms with Crippen LogP contribution in [0.2, 0.25) is 0 Å². The van der Waals surface area contributed by atoms with Crippen molar-refractivity contribution in [2.75, 3.05) is 18.9 Å². The van der Waals surface area contributed by atoms with E-state index in [4.69, 9.17) is 10.5 Å². The fraction of sp³-hybridized carbons (Fsp3) is 0.467. The normalized spacial score (nSPS) is 25.1. The van der Waals surface area contributed by atoms with E-state index in [9.17, 15) is 9.59 Å². The maximum atomic E-state index is 12.1. The topological polar surface area (TPSA) is 72.6 Å². The van der Waals surface area contributed by atoms with Gasteiger partial charge in [0, 0.05) is 0 Å². The summed E-state index contributed by atoms with van der Waals surface area (Å²) in [6.07, 6.45) is 2.67. The van der Waals surface area contributed by atoms with Gasteiger partial charge in [0.2, 0.25) is 11.8 Å². The minimum Gasteiger partial charge on any atom is -0.490 e. The molecule has 1 saturated heterocycles. The van der Waals surface area contributed by atoms with Crippen LogP contribution >= 0.6 is 0 Å². The summed E-state index contributed by atoms with van der Waals surface area (Å²) in [6, 6.07) is 7.20. The fourth-order valence-electron chi connectivity index (χ4n) is 3.14. The summed E-state index contributed by atoms with van der Waals surface area (Å²) in [6.45, 7) is 0.587. The molecule has 1 heterocycles. The molecule has 1 aromatic carbocycles. The van der Waals surface area contributed by atoms with E-state index in [2.05, 4.69) is 0 Å². The number of hydrogen-bond donors (Lipinski definition) is 1. The zero-order valence-corrected chi connectivity index (χ0v) is 11.2. The van der Waals surface area contributed by atoms with Gasteiger partial charge >= 0.3 is 0 Å². The van der Waals surface area contributed by atoms with Crippen LogP contribution in [0.1, 0.15) is 19.3 Å². The van der Waals surface area contributed by atoms with Gasteiger partial charge in [-0.3, -0.25) is 14.5 Å². The van der Waals surface area contributed by atoms with Crippen LogP contribution < -0.4 is 10.5 Å². The average molecular weight is 274 g/mol. The van der Waals surface area contributed by atoms with Crippen LogP contribution in [0.4, 0.5) is 5.69 Å². The molecular formula is C15H18N2O3. The van der Waals surface area contributed by atoms with E-state index in [1.54, 1.807) is 12.1 Å². The molecule has 2 aliphatic rings. The van der Waals surface area contributed by atoms with Crippen molar-refractivity contribution in [2.24, 2.45) is 11.8 Å². The number of ether oxygens (including phenoxy) is 1. The van der Waals surface area contributed by atoms with Crippen LogP contribution in [-0.4, -0.2) is 29.9 Å². The lowest BCUT2D eigenvalue weighted by atomic mass is 10.00. The first kappa shape index (κ1) is 13.0. The van der Waals surface area contributed by atoms with E-state index < -0.39 is 0 Å².